The lowest BCUT2D eigenvalue weighted by Crippen LogP contribution is -2.27. The molecule has 0 aliphatic carbocycles. The number of aromatic nitrogens is 3. The van der Waals surface area contributed by atoms with Crippen molar-refractivity contribution in [3.63, 3.8) is 0 Å². The van der Waals surface area contributed by atoms with Crippen LogP contribution in [0.1, 0.15) is 24.4 Å². The Bertz CT molecular complexity index is 1110. The van der Waals surface area contributed by atoms with E-state index in [9.17, 15) is 0 Å². The molecule has 0 saturated carbocycles. The van der Waals surface area contributed by atoms with Gasteiger partial charge in [-0.15, -0.1) is 0 Å². The van der Waals surface area contributed by atoms with Crippen molar-refractivity contribution in [2.75, 3.05) is 20.8 Å². The summed E-state index contributed by atoms with van der Waals surface area (Å²) in [6.07, 6.45) is 2.16. The van der Waals surface area contributed by atoms with Crippen LogP contribution in [-0.4, -0.2) is 40.0 Å². The molecular weight excluding hydrogens is 420 g/mol. The monoisotopic (exact) mass is 444 g/mol. The fraction of sp³-hybridized carbons (Fsp3) is 0.364. The highest BCUT2D eigenvalue weighted by atomic mass is 35.5. The third-order valence-corrected chi connectivity index (χ3v) is 6.45. The molecule has 8 heteroatoms. The first-order valence-electron chi connectivity index (χ1n) is 9.88. The molecule has 0 bridgehead atoms. The van der Waals surface area contributed by atoms with Crippen LogP contribution >= 0.6 is 23.8 Å². The molecule has 30 heavy (non-hydrogen) atoms. The van der Waals surface area contributed by atoms with E-state index in [1.54, 1.807) is 14.2 Å². The quantitative estimate of drug-likeness (QED) is 0.496. The molecule has 0 spiro atoms. The maximum atomic E-state index is 6.39. The Balaban J connectivity index is 1.64. The molecule has 6 nitrogen and oxygen atoms in total. The summed E-state index contributed by atoms with van der Waals surface area (Å²) in [6.45, 7) is 1.58. The van der Waals surface area contributed by atoms with Crippen LogP contribution in [0.4, 0.5) is 0 Å². The van der Waals surface area contributed by atoms with Gasteiger partial charge in [0.2, 0.25) is 0 Å². The van der Waals surface area contributed by atoms with Crippen molar-refractivity contribution >= 4 is 23.8 Å². The van der Waals surface area contributed by atoms with Gasteiger partial charge in [-0.05, 0) is 43.3 Å². The van der Waals surface area contributed by atoms with Gasteiger partial charge < -0.3 is 14.0 Å². The van der Waals surface area contributed by atoms with Crippen LogP contribution < -0.4 is 9.47 Å². The van der Waals surface area contributed by atoms with Crippen molar-refractivity contribution in [3.05, 3.63) is 57.8 Å². The van der Waals surface area contributed by atoms with Gasteiger partial charge in [-0.1, -0.05) is 29.8 Å². The van der Waals surface area contributed by atoms with Crippen molar-refractivity contribution in [3.8, 4) is 22.9 Å². The first-order valence-corrected chi connectivity index (χ1v) is 10.7. The largest absolute Gasteiger partial charge is 0.497 e. The second-order valence-electron chi connectivity index (χ2n) is 7.36. The second-order valence-corrected chi connectivity index (χ2v) is 8.14. The zero-order chi connectivity index (χ0) is 21.3. The first kappa shape index (κ1) is 20.9. The summed E-state index contributed by atoms with van der Waals surface area (Å²) >= 11 is 12.1. The van der Waals surface area contributed by atoms with Gasteiger partial charge in [0.05, 0.1) is 25.9 Å². The average Bonchev–Trinajstić information content (AvgIpc) is 3.33. The normalized spacial score (nSPS) is 16.7. The fourth-order valence-electron chi connectivity index (χ4n) is 4.07. The summed E-state index contributed by atoms with van der Waals surface area (Å²) in [5, 5.41) is 5.46. The average molecular weight is 445 g/mol. The maximum absolute atomic E-state index is 6.39. The summed E-state index contributed by atoms with van der Waals surface area (Å²) in [4.78, 5) is 2.39. The Kier molecular flexibility index (Phi) is 6.13. The predicted molar refractivity (Wildman–Crippen MR) is 121 cm³/mol. The smallest absolute Gasteiger partial charge is 0.199 e. The lowest BCUT2D eigenvalue weighted by atomic mass is 10.0. The molecule has 1 aromatic heterocycles. The lowest BCUT2D eigenvalue weighted by Gasteiger charge is -2.26. The molecule has 1 saturated heterocycles. The van der Waals surface area contributed by atoms with Crippen molar-refractivity contribution in [1.29, 1.82) is 0 Å². The minimum atomic E-state index is 0.235. The highest BCUT2D eigenvalue weighted by Gasteiger charge is 2.29. The Morgan fingerprint density at radius 2 is 1.97 bits per heavy atom. The summed E-state index contributed by atoms with van der Waals surface area (Å²) in [7, 11) is 5.29. The van der Waals surface area contributed by atoms with Crippen molar-refractivity contribution in [2.24, 2.45) is 7.05 Å². The molecule has 4 rings (SSSR count). The predicted octanol–water partition coefficient (Wildman–Crippen LogP) is 5.08. The summed E-state index contributed by atoms with van der Waals surface area (Å²) in [6, 6.07) is 13.9. The van der Waals surface area contributed by atoms with Crippen molar-refractivity contribution in [2.45, 2.75) is 25.6 Å². The number of benzene rings is 2. The standard InChI is InChI=1S/C22H25ClN4O2S/c1-25-21(16-7-4-5-8-18(16)23)24-27(22(25)30)14-26-12-6-9-19(26)17-11-10-15(28-2)13-20(17)29-3/h4-5,7-8,10-11,13,19H,6,9,12,14H2,1-3H3. The lowest BCUT2D eigenvalue weighted by molar-refractivity contribution is 0.187. The molecule has 1 fully saturated rings. The van der Waals surface area contributed by atoms with Crippen LogP contribution in [0.15, 0.2) is 42.5 Å². The van der Waals surface area contributed by atoms with E-state index in [2.05, 4.69) is 11.0 Å². The summed E-state index contributed by atoms with van der Waals surface area (Å²) in [5.41, 5.74) is 2.03. The van der Waals surface area contributed by atoms with E-state index < -0.39 is 0 Å². The number of hydrogen-bond acceptors (Lipinski definition) is 5. The van der Waals surface area contributed by atoms with E-state index in [1.807, 2.05) is 52.7 Å². The molecule has 2 aromatic carbocycles. The molecule has 0 amide bonds. The molecule has 158 valence electrons. The van der Waals surface area contributed by atoms with Gasteiger partial charge in [0.25, 0.3) is 0 Å². The van der Waals surface area contributed by atoms with E-state index in [0.717, 1.165) is 47.8 Å². The van der Waals surface area contributed by atoms with Crippen LogP contribution in [0.25, 0.3) is 11.4 Å². The van der Waals surface area contributed by atoms with Gasteiger partial charge >= 0.3 is 0 Å². The summed E-state index contributed by atoms with van der Waals surface area (Å²) in [5.74, 6) is 2.40. The maximum Gasteiger partial charge on any atom is 0.199 e. The third-order valence-electron chi connectivity index (χ3n) is 5.63. The van der Waals surface area contributed by atoms with Crippen molar-refractivity contribution < 1.29 is 9.47 Å². The minimum Gasteiger partial charge on any atom is -0.497 e. The van der Waals surface area contributed by atoms with Crippen LogP contribution in [0.5, 0.6) is 11.5 Å². The van der Waals surface area contributed by atoms with Gasteiger partial charge in [-0.2, -0.15) is 5.10 Å². The number of ether oxygens (including phenoxy) is 2. The summed E-state index contributed by atoms with van der Waals surface area (Å²) < 4.78 is 15.4. The van der Waals surface area contributed by atoms with Gasteiger partial charge in [-0.25, -0.2) is 4.68 Å². The number of nitrogens with zero attached hydrogens (tertiary/aromatic N) is 4. The van der Waals surface area contributed by atoms with E-state index >= 15 is 0 Å². The minimum absolute atomic E-state index is 0.235. The van der Waals surface area contributed by atoms with Gasteiger partial charge in [0.15, 0.2) is 10.6 Å². The molecule has 1 unspecified atom stereocenters. The highest BCUT2D eigenvalue weighted by Crippen LogP contribution is 2.39. The zero-order valence-electron chi connectivity index (χ0n) is 17.3. The zero-order valence-corrected chi connectivity index (χ0v) is 18.9. The number of methoxy groups -OCH3 is 2. The van der Waals surface area contributed by atoms with Gasteiger partial charge in [0, 0.05) is 36.8 Å². The Hall–Kier alpha value is -2.35. The molecular formula is C22H25ClN4O2S. The molecule has 1 atom stereocenters. The SMILES string of the molecule is COc1ccc(C2CCCN2Cn2nc(-c3ccccc3Cl)n(C)c2=S)c(OC)c1. The number of hydrogen-bond donors (Lipinski definition) is 0. The Labute approximate surface area is 186 Å². The van der Waals surface area contributed by atoms with Gasteiger partial charge in [-0.3, -0.25) is 4.90 Å². The number of likely N-dealkylation sites (tertiary alicyclic amines) is 1. The molecule has 1 aliphatic heterocycles. The second kappa shape index (κ2) is 8.79. The van der Waals surface area contributed by atoms with Crippen LogP contribution in [0.3, 0.4) is 0 Å². The number of rotatable bonds is 6. The topological polar surface area (TPSA) is 44.5 Å². The van der Waals surface area contributed by atoms with Gasteiger partial charge in [0.1, 0.15) is 11.5 Å². The third kappa shape index (κ3) is 3.85. The highest BCUT2D eigenvalue weighted by molar-refractivity contribution is 7.71. The molecule has 3 aromatic rings. The Morgan fingerprint density at radius 3 is 2.70 bits per heavy atom. The van der Waals surface area contributed by atoms with E-state index in [1.165, 1.54) is 0 Å². The fourth-order valence-corrected chi connectivity index (χ4v) is 4.48. The van der Waals surface area contributed by atoms with E-state index in [-0.39, 0.29) is 6.04 Å². The van der Waals surface area contributed by atoms with Crippen molar-refractivity contribution in [1.82, 2.24) is 19.2 Å². The molecule has 1 aliphatic rings. The van der Waals surface area contributed by atoms with Crippen LogP contribution in [0, 0.1) is 4.77 Å². The number of halogens is 1. The van der Waals surface area contributed by atoms with E-state index in [4.69, 9.17) is 38.4 Å². The molecule has 2 heterocycles. The van der Waals surface area contributed by atoms with E-state index in [0.29, 0.717) is 16.5 Å². The Morgan fingerprint density at radius 1 is 1.17 bits per heavy atom. The van der Waals surface area contributed by atoms with Crippen LogP contribution in [-0.2, 0) is 13.7 Å². The first-order chi connectivity index (χ1) is 14.5. The van der Waals surface area contributed by atoms with Crippen LogP contribution in [0.2, 0.25) is 5.02 Å². The molecule has 0 N–H and O–H groups in total. The molecule has 0 radical (unpaired) electrons.